The molecule has 2 saturated heterocycles. The SMILES string of the molecule is Cc1oc2ccccc2c1CN1CCC2NCCC2C1.Cl. The number of nitrogens with zero attached hydrogens (tertiary/aromatic N) is 1. The minimum atomic E-state index is 0. The average molecular weight is 307 g/mol. The number of para-hydroxylation sites is 1. The second-order valence-electron chi connectivity index (χ2n) is 6.27. The van der Waals surface area contributed by atoms with Gasteiger partial charge in [-0.15, -0.1) is 12.4 Å². The lowest BCUT2D eigenvalue weighted by Gasteiger charge is -2.34. The molecule has 0 aliphatic carbocycles. The first-order chi connectivity index (χ1) is 9.81. The molecule has 21 heavy (non-hydrogen) atoms. The zero-order chi connectivity index (χ0) is 13.5. The number of piperidine rings is 1. The van der Waals surface area contributed by atoms with Crippen LogP contribution in [0.15, 0.2) is 28.7 Å². The first kappa shape index (κ1) is 14.9. The topological polar surface area (TPSA) is 28.4 Å². The van der Waals surface area contributed by atoms with Crippen molar-refractivity contribution in [2.75, 3.05) is 19.6 Å². The summed E-state index contributed by atoms with van der Waals surface area (Å²) in [5, 5.41) is 4.92. The Morgan fingerprint density at radius 1 is 1.29 bits per heavy atom. The third-order valence-electron chi connectivity index (χ3n) is 5.02. The molecular formula is C17H23ClN2O. The van der Waals surface area contributed by atoms with Crippen molar-refractivity contribution in [2.24, 2.45) is 5.92 Å². The standard InChI is InChI=1S/C17H22N2O.ClH/c1-12-15(14-4-2-3-5-17(14)20-12)11-19-9-7-16-13(10-19)6-8-18-16;/h2-5,13,16,18H,6-11H2,1H3;1H. The van der Waals surface area contributed by atoms with E-state index in [4.69, 9.17) is 4.42 Å². The lowest BCUT2D eigenvalue weighted by Crippen LogP contribution is -2.43. The second-order valence-corrected chi connectivity index (χ2v) is 6.27. The summed E-state index contributed by atoms with van der Waals surface area (Å²) < 4.78 is 5.89. The van der Waals surface area contributed by atoms with Crippen LogP contribution in [-0.4, -0.2) is 30.6 Å². The van der Waals surface area contributed by atoms with E-state index in [1.807, 2.05) is 6.07 Å². The van der Waals surface area contributed by atoms with Gasteiger partial charge < -0.3 is 9.73 Å². The highest BCUT2D eigenvalue weighted by atomic mass is 35.5. The lowest BCUT2D eigenvalue weighted by molar-refractivity contribution is 0.155. The Morgan fingerprint density at radius 3 is 3.05 bits per heavy atom. The van der Waals surface area contributed by atoms with Gasteiger partial charge in [-0.05, 0) is 44.8 Å². The van der Waals surface area contributed by atoms with E-state index in [0.29, 0.717) is 0 Å². The Balaban J connectivity index is 0.00000132. The van der Waals surface area contributed by atoms with Crippen molar-refractivity contribution in [3.05, 3.63) is 35.6 Å². The number of halogens is 1. The van der Waals surface area contributed by atoms with Gasteiger partial charge >= 0.3 is 0 Å². The number of likely N-dealkylation sites (tertiary alicyclic amines) is 1. The van der Waals surface area contributed by atoms with Gasteiger partial charge in [0.05, 0.1) is 0 Å². The van der Waals surface area contributed by atoms with E-state index in [-0.39, 0.29) is 12.4 Å². The van der Waals surface area contributed by atoms with Crippen LogP contribution in [0.2, 0.25) is 0 Å². The molecule has 1 aromatic heterocycles. The van der Waals surface area contributed by atoms with Crippen molar-refractivity contribution in [1.82, 2.24) is 10.2 Å². The van der Waals surface area contributed by atoms with Crippen molar-refractivity contribution in [3.63, 3.8) is 0 Å². The zero-order valence-corrected chi connectivity index (χ0v) is 13.3. The predicted octanol–water partition coefficient (Wildman–Crippen LogP) is 3.35. The van der Waals surface area contributed by atoms with Crippen LogP contribution in [0.3, 0.4) is 0 Å². The van der Waals surface area contributed by atoms with E-state index in [9.17, 15) is 0 Å². The molecule has 4 heteroatoms. The number of hydrogen-bond acceptors (Lipinski definition) is 3. The Morgan fingerprint density at radius 2 is 2.14 bits per heavy atom. The third-order valence-corrected chi connectivity index (χ3v) is 5.02. The maximum Gasteiger partial charge on any atom is 0.134 e. The molecule has 4 rings (SSSR count). The number of fused-ring (bicyclic) bond motifs is 2. The summed E-state index contributed by atoms with van der Waals surface area (Å²) in [6.07, 6.45) is 2.63. The van der Waals surface area contributed by atoms with E-state index in [0.717, 1.165) is 29.8 Å². The van der Waals surface area contributed by atoms with Gasteiger partial charge in [0, 0.05) is 30.1 Å². The number of aryl methyl sites for hydroxylation is 1. The van der Waals surface area contributed by atoms with E-state index < -0.39 is 0 Å². The normalized spacial score (nSPS) is 25.8. The predicted molar refractivity (Wildman–Crippen MR) is 88.0 cm³/mol. The van der Waals surface area contributed by atoms with Crippen LogP contribution < -0.4 is 5.32 Å². The summed E-state index contributed by atoms with van der Waals surface area (Å²) in [4.78, 5) is 2.61. The molecule has 0 amide bonds. The highest BCUT2D eigenvalue weighted by molar-refractivity contribution is 5.85. The minimum Gasteiger partial charge on any atom is -0.461 e. The van der Waals surface area contributed by atoms with Gasteiger partial charge in [0.1, 0.15) is 11.3 Å². The van der Waals surface area contributed by atoms with Crippen molar-refractivity contribution < 1.29 is 4.42 Å². The highest BCUT2D eigenvalue weighted by Gasteiger charge is 2.32. The smallest absolute Gasteiger partial charge is 0.134 e. The molecule has 0 radical (unpaired) electrons. The molecular weight excluding hydrogens is 284 g/mol. The van der Waals surface area contributed by atoms with E-state index in [1.165, 1.54) is 43.4 Å². The van der Waals surface area contributed by atoms with Crippen LogP contribution in [0.1, 0.15) is 24.2 Å². The molecule has 3 nitrogen and oxygen atoms in total. The third kappa shape index (κ3) is 2.70. The molecule has 2 fully saturated rings. The molecule has 1 aromatic carbocycles. The average Bonchev–Trinajstić information content (AvgIpc) is 3.04. The lowest BCUT2D eigenvalue weighted by atomic mass is 9.93. The largest absolute Gasteiger partial charge is 0.461 e. The Kier molecular flexibility index (Phi) is 4.25. The van der Waals surface area contributed by atoms with Gasteiger partial charge in [-0.25, -0.2) is 0 Å². The van der Waals surface area contributed by atoms with Crippen LogP contribution in [-0.2, 0) is 6.54 Å². The Bertz CT molecular complexity index is 624. The first-order valence-electron chi connectivity index (χ1n) is 7.74. The van der Waals surface area contributed by atoms with E-state index >= 15 is 0 Å². The van der Waals surface area contributed by atoms with Crippen LogP contribution in [0.25, 0.3) is 11.0 Å². The number of nitrogens with one attached hydrogen (secondary N) is 1. The molecule has 2 aliphatic heterocycles. The summed E-state index contributed by atoms with van der Waals surface area (Å²) in [6.45, 7) is 6.77. The van der Waals surface area contributed by atoms with Crippen LogP contribution in [0, 0.1) is 12.8 Å². The van der Waals surface area contributed by atoms with Gasteiger partial charge in [-0.2, -0.15) is 0 Å². The Labute approximate surface area is 132 Å². The molecule has 2 unspecified atom stereocenters. The molecule has 1 N–H and O–H groups in total. The van der Waals surface area contributed by atoms with Crippen LogP contribution in [0.4, 0.5) is 0 Å². The second kappa shape index (κ2) is 5.99. The maximum absolute atomic E-state index is 5.89. The molecule has 0 saturated carbocycles. The van der Waals surface area contributed by atoms with Crippen molar-refractivity contribution >= 4 is 23.4 Å². The Hall–Kier alpha value is -1.03. The summed E-state index contributed by atoms with van der Waals surface area (Å²) in [5.41, 5.74) is 2.41. The van der Waals surface area contributed by atoms with Gasteiger partial charge in [0.25, 0.3) is 0 Å². The minimum absolute atomic E-state index is 0. The van der Waals surface area contributed by atoms with Gasteiger partial charge in [0.2, 0.25) is 0 Å². The summed E-state index contributed by atoms with van der Waals surface area (Å²) >= 11 is 0. The van der Waals surface area contributed by atoms with Crippen LogP contribution >= 0.6 is 12.4 Å². The van der Waals surface area contributed by atoms with Crippen molar-refractivity contribution in [1.29, 1.82) is 0 Å². The summed E-state index contributed by atoms with van der Waals surface area (Å²) in [5.74, 6) is 1.93. The molecule has 0 bridgehead atoms. The quantitative estimate of drug-likeness (QED) is 0.922. The maximum atomic E-state index is 5.89. The number of furan rings is 1. The summed E-state index contributed by atoms with van der Waals surface area (Å²) in [7, 11) is 0. The molecule has 2 atom stereocenters. The first-order valence-corrected chi connectivity index (χ1v) is 7.74. The number of benzene rings is 1. The van der Waals surface area contributed by atoms with Gasteiger partial charge in [0.15, 0.2) is 0 Å². The van der Waals surface area contributed by atoms with E-state index in [2.05, 4.69) is 35.3 Å². The number of rotatable bonds is 2. The fraction of sp³-hybridized carbons (Fsp3) is 0.529. The van der Waals surface area contributed by atoms with E-state index in [1.54, 1.807) is 0 Å². The zero-order valence-electron chi connectivity index (χ0n) is 12.5. The fourth-order valence-electron chi connectivity index (χ4n) is 3.91. The highest BCUT2D eigenvalue weighted by Crippen LogP contribution is 2.30. The van der Waals surface area contributed by atoms with Crippen molar-refractivity contribution in [2.45, 2.75) is 32.4 Å². The van der Waals surface area contributed by atoms with Crippen molar-refractivity contribution in [3.8, 4) is 0 Å². The molecule has 114 valence electrons. The van der Waals surface area contributed by atoms with Crippen LogP contribution in [0.5, 0.6) is 0 Å². The molecule has 2 aromatic rings. The monoisotopic (exact) mass is 306 g/mol. The molecule has 0 spiro atoms. The number of hydrogen-bond donors (Lipinski definition) is 1. The fourth-order valence-corrected chi connectivity index (χ4v) is 3.91. The van der Waals surface area contributed by atoms with Gasteiger partial charge in [-0.1, -0.05) is 18.2 Å². The summed E-state index contributed by atoms with van der Waals surface area (Å²) in [6, 6.07) is 9.18. The molecule has 2 aliphatic rings. The van der Waals surface area contributed by atoms with Gasteiger partial charge in [-0.3, -0.25) is 4.90 Å². The molecule has 3 heterocycles.